The molecule has 4 rings (SSSR count). The van der Waals surface area contributed by atoms with Crippen LogP contribution in [0, 0.1) is 5.82 Å². The number of nitrogens with zero attached hydrogens (tertiary/aromatic N) is 2. The highest BCUT2D eigenvalue weighted by Gasteiger charge is 2.36. The van der Waals surface area contributed by atoms with Gasteiger partial charge in [0, 0.05) is 29.6 Å². The van der Waals surface area contributed by atoms with Crippen molar-refractivity contribution >= 4 is 39.0 Å². The van der Waals surface area contributed by atoms with Gasteiger partial charge in [0.1, 0.15) is 17.2 Å². The van der Waals surface area contributed by atoms with Crippen molar-refractivity contribution in [2.75, 3.05) is 0 Å². The van der Waals surface area contributed by atoms with Crippen LogP contribution in [0.5, 0.6) is 0 Å². The summed E-state index contributed by atoms with van der Waals surface area (Å²) < 4.78 is 15.8. The largest absolute Gasteiger partial charge is 0.301 e. The molecule has 0 saturated carbocycles. The van der Waals surface area contributed by atoms with E-state index in [1.165, 1.54) is 6.07 Å². The SMILES string of the molecule is O=C1C[C@@H](c2ccccc2Cl)c2c1nc1cc(F)c(Br)cn21. The number of Topliss-reactive ketones (excluding diaryl/α,β-unsaturated/α-hetero) is 1. The van der Waals surface area contributed by atoms with Crippen molar-refractivity contribution in [3.05, 3.63) is 68.8 Å². The van der Waals surface area contributed by atoms with Crippen LogP contribution in [0.2, 0.25) is 5.02 Å². The number of pyridine rings is 1. The van der Waals surface area contributed by atoms with Crippen LogP contribution >= 0.6 is 27.5 Å². The minimum absolute atomic E-state index is 0.0415. The van der Waals surface area contributed by atoms with Gasteiger partial charge in [-0.25, -0.2) is 9.37 Å². The van der Waals surface area contributed by atoms with Crippen LogP contribution < -0.4 is 0 Å². The van der Waals surface area contributed by atoms with E-state index >= 15 is 0 Å². The number of halogens is 3. The predicted molar refractivity (Wildman–Crippen MR) is 85.1 cm³/mol. The lowest BCUT2D eigenvalue weighted by atomic mass is 9.96. The third-order valence-corrected chi connectivity index (χ3v) is 4.89. The first-order chi connectivity index (χ1) is 10.6. The number of fused-ring (bicyclic) bond motifs is 3. The van der Waals surface area contributed by atoms with E-state index in [0.717, 1.165) is 11.3 Å². The highest BCUT2D eigenvalue weighted by molar-refractivity contribution is 9.10. The molecule has 1 aliphatic carbocycles. The fraction of sp³-hybridized carbons (Fsp3) is 0.125. The lowest BCUT2D eigenvalue weighted by Crippen LogP contribution is -2.03. The summed E-state index contributed by atoms with van der Waals surface area (Å²) in [4.78, 5) is 16.6. The van der Waals surface area contributed by atoms with Gasteiger partial charge in [0.05, 0.1) is 10.2 Å². The Hall–Kier alpha value is -1.72. The topological polar surface area (TPSA) is 34.4 Å². The molecule has 6 heteroatoms. The zero-order chi connectivity index (χ0) is 15.4. The molecule has 110 valence electrons. The first-order valence-electron chi connectivity index (χ1n) is 6.71. The number of ketones is 1. The van der Waals surface area contributed by atoms with Crippen molar-refractivity contribution in [3.63, 3.8) is 0 Å². The first kappa shape index (κ1) is 13.9. The molecule has 0 saturated heterocycles. The monoisotopic (exact) mass is 378 g/mol. The summed E-state index contributed by atoms with van der Waals surface area (Å²) in [7, 11) is 0. The molecule has 0 amide bonds. The van der Waals surface area contributed by atoms with Gasteiger partial charge in [-0.05, 0) is 27.6 Å². The smallest absolute Gasteiger partial charge is 0.184 e. The van der Waals surface area contributed by atoms with Gasteiger partial charge in [0.25, 0.3) is 0 Å². The zero-order valence-electron chi connectivity index (χ0n) is 11.2. The minimum Gasteiger partial charge on any atom is -0.301 e. The van der Waals surface area contributed by atoms with Gasteiger partial charge in [-0.2, -0.15) is 0 Å². The summed E-state index contributed by atoms with van der Waals surface area (Å²) in [6, 6.07) is 8.78. The van der Waals surface area contributed by atoms with Gasteiger partial charge in [0.2, 0.25) is 0 Å². The molecule has 2 heterocycles. The lowest BCUT2D eigenvalue weighted by molar-refractivity contribution is 0.0987. The van der Waals surface area contributed by atoms with Crippen LogP contribution in [0.1, 0.15) is 34.1 Å². The molecule has 22 heavy (non-hydrogen) atoms. The van der Waals surface area contributed by atoms with Gasteiger partial charge in [-0.1, -0.05) is 29.8 Å². The second-order valence-electron chi connectivity index (χ2n) is 5.24. The molecule has 0 N–H and O–H groups in total. The number of hydrogen-bond donors (Lipinski definition) is 0. The average molecular weight is 380 g/mol. The molecule has 0 bridgehead atoms. The number of aromatic nitrogens is 2. The van der Waals surface area contributed by atoms with Crippen LogP contribution in [0.15, 0.2) is 41.0 Å². The Kier molecular flexibility index (Phi) is 3.09. The number of hydrogen-bond acceptors (Lipinski definition) is 2. The quantitative estimate of drug-likeness (QED) is 0.619. The highest BCUT2D eigenvalue weighted by Crippen LogP contribution is 2.41. The number of benzene rings is 1. The summed E-state index contributed by atoms with van der Waals surface area (Å²) in [5.74, 6) is -0.610. The summed E-state index contributed by atoms with van der Waals surface area (Å²) in [6.45, 7) is 0. The molecular formula is C16H9BrClFN2O. The van der Waals surface area contributed by atoms with Crippen LogP contribution in [-0.2, 0) is 0 Å². The number of rotatable bonds is 1. The molecule has 0 aliphatic heterocycles. The molecule has 0 unspecified atom stereocenters. The van der Waals surface area contributed by atoms with Gasteiger partial charge in [-0.3, -0.25) is 4.79 Å². The van der Waals surface area contributed by atoms with Gasteiger partial charge in [0.15, 0.2) is 5.78 Å². The Bertz CT molecular complexity index is 937. The fourth-order valence-electron chi connectivity index (χ4n) is 2.99. The zero-order valence-corrected chi connectivity index (χ0v) is 13.5. The fourth-order valence-corrected chi connectivity index (χ4v) is 3.58. The Morgan fingerprint density at radius 1 is 1.36 bits per heavy atom. The first-order valence-corrected chi connectivity index (χ1v) is 7.88. The van der Waals surface area contributed by atoms with E-state index in [2.05, 4.69) is 20.9 Å². The van der Waals surface area contributed by atoms with Crippen molar-refractivity contribution in [1.29, 1.82) is 0 Å². The van der Waals surface area contributed by atoms with Crippen molar-refractivity contribution in [2.24, 2.45) is 0 Å². The Labute approximate surface area is 138 Å². The van der Waals surface area contributed by atoms with E-state index in [4.69, 9.17) is 11.6 Å². The normalized spacial score (nSPS) is 17.2. The van der Waals surface area contributed by atoms with E-state index < -0.39 is 5.82 Å². The summed E-state index contributed by atoms with van der Waals surface area (Å²) >= 11 is 9.46. The van der Waals surface area contributed by atoms with E-state index in [-0.39, 0.29) is 11.7 Å². The van der Waals surface area contributed by atoms with E-state index in [0.29, 0.717) is 27.3 Å². The second kappa shape index (κ2) is 4.89. The Morgan fingerprint density at radius 3 is 2.91 bits per heavy atom. The Balaban J connectivity index is 2.00. The molecule has 1 aliphatic rings. The standard InChI is InChI=1S/C16H9BrClFN2O/c17-10-7-21-14(6-12(10)19)20-15-13(22)5-9(16(15)21)8-3-1-2-4-11(8)18/h1-4,6-7,9H,5H2/t9-/m0/s1. The van der Waals surface area contributed by atoms with Crippen molar-refractivity contribution in [3.8, 4) is 0 Å². The molecule has 1 aromatic carbocycles. The molecule has 0 radical (unpaired) electrons. The summed E-state index contributed by atoms with van der Waals surface area (Å²) in [6.07, 6.45) is 1.94. The van der Waals surface area contributed by atoms with Gasteiger partial charge >= 0.3 is 0 Å². The predicted octanol–water partition coefficient (Wildman–Crippen LogP) is 4.61. The average Bonchev–Trinajstić information content (AvgIpc) is 2.99. The molecule has 0 spiro atoms. The molecular weight excluding hydrogens is 371 g/mol. The number of carbonyl (C=O) groups is 1. The summed E-state index contributed by atoms with van der Waals surface area (Å²) in [5.41, 5.74) is 2.49. The second-order valence-corrected chi connectivity index (χ2v) is 6.51. The molecule has 3 nitrogen and oxygen atoms in total. The van der Waals surface area contributed by atoms with Crippen molar-refractivity contribution < 1.29 is 9.18 Å². The third kappa shape index (κ3) is 1.92. The lowest BCUT2D eigenvalue weighted by Gasteiger charge is -2.13. The van der Waals surface area contributed by atoms with Crippen LogP contribution in [0.4, 0.5) is 4.39 Å². The van der Waals surface area contributed by atoms with Crippen LogP contribution in [0.3, 0.4) is 0 Å². The van der Waals surface area contributed by atoms with Gasteiger partial charge in [-0.15, -0.1) is 0 Å². The molecule has 2 aromatic heterocycles. The maximum absolute atomic E-state index is 13.7. The third-order valence-electron chi connectivity index (χ3n) is 3.97. The molecule has 3 aromatic rings. The Morgan fingerprint density at radius 2 is 2.14 bits per heavy atom. The van der Waals surface area contributed by atoms with E-state index in [9.17, 15) is 9.18 Å². The van der Waals surface area contributed by atoms with E-state index in [1.54, 1.807) is 16.7 Å². The van der Waals surface area contributed by atoms with E-state index in [1.807, 2.05) is 18.2 Å². The number of imidazole rings is 1. The van der Waals surface area contributed by atoms with Crippen LogP contribution in [-0.4, -0.2) is 15.2 Å². The molecule has 1 atom stereocenters. The maximum atomic E-state index is 13.7. The minimum atomic E-state index is -0.405. The maximum Gasteiger partial charge on any atom is 0.184 e. The van der Waals surface area contributed by atoms with Crippen LogP contribution in [0.25, 0.3) is 5.65 Å². The van der Waals surface area contributed by atoms with Crippen molar-refractivity contribution in [1.82, 2.24) is 9.38 Å². The highest BCUT2D eigenvalue weighted by atomic mass is 79.9. The van der Waals surface area contributed by atoms with Crippen molar-refractivity contribution in [2.45, 2.75) is 12.3 Å². The number of carbonyl (C=O) groups excluding carboxylic acids is 1. The molecule has 0 fully saturated rings. The van der Waals surface area contributed by atoms with Gasteiger partial charge < -0.3 is 4.40 Å². The summed E-state index contributed by atoms with van der Waals surface area (Å²) in [5, 5.41) is 0.615.